The lowest BCUT2D eigenvalue weighted by molar-refractivity contribution is 0.293. The minimum absolute atomic E-state index is 0.369. The van der Waals surface area contributed by atoms with Gasteiger partial charge in [-0.1, -0.05) is 24.8 Å². The second-order valence-electron chi connectivity index (χ2n) is 4.54. The number of nitrogens with zero attached hydrogens (tertiary/aromatic N) is 2. The summed E-state index contributed by atoms with van der Waals surface area (Å²) in [5, 5.41) is 0. The molecule has 3 rings (SSSR count). The van der Waals surface area contributed by atoms with Crippen LogP contribution < -0.4 is 9.47 Å². The van der Waals surface area contributed by atoms with Crippen LogP contribution in [0.15, 0.2) is 55.1 Å². The molecule has 2 aromatic carbocycles. The van der Waals surface area contributed by atoms with Crippen molar-refractivity contribution in [3.05, 3.63) is 60.9 Å². The van der Waals surface area contributed by atoms with Crippen molar-refractivity contribution in [1.29, 1.82) is 0 Å². The third-order valence-corrected chi connectivity index (χ3v) is 3.26. The smallest absolute Gasteiger partial charge is 0.152 e. The van der Waals surface area contributed by atoms with E-state index in [-0.39, 0.29) is 0 Å². The van der Waals surface area contributed by atoms with Crippen LogP contribution in [0.4, 0.5) is 0 Å². The van der Waals surface area contributed by atoms with Crippen molar-refractivity contribution in [3.8, 4) is 11.5 Å². The highest BCUT2D eigenvalue weighted by atomic mass is 16.5. The Balaban J connectivity index is 1.86. The van der Waals surface area contributed by atoms with Crippen LogP contribution in [0.2, 0.25) is 0 Å². The van der Waals surface area contributed by atoms with Gasteiger partial charge in [0.25, 0.3) is 0 Å². The standard InChI is InChI=1S/C17H16N2O2/c1-3-19-16-10-5-4-9-15(16)18-17(19)12-21-14-8-6-7-13(11-14)20-2/h3-11H,1,12H2,2H3. The fraction of sp³-hybridized carbons (Fsp3) is 0.118. The minimum Gasteiger partial charge on any atom is -0.497 e. The maximum atomic E-state index is 5.80. The van der Waals surface area contributed by atoms with Gasteiger partial charge in [0.05, 0.1) is 18.1 Å². The Hall–Kier alpha value is -2.75. The van der Waals surface area contributed by atoms with Crippen molar-refractivity contribution in [1.82, 2.24) is 9.55 Å². The van der Waals surface area contributed by atoms with Crippen LogP contribution >= 0.6 is 0 Å². The van der Waals surface area contributed by atoms with Gasteiger partial charge < -0.3 is 14.0 Å². The number of ether oxygens (including phenoxy) is 2. The molecule has 0 bridgehead atoms. The van der Waals surface area contributed by atoms with Crippen molar-refractivity contribution in [2.75, 3.05) is 7.11 Å². The number of rotatable bonds is 5. The first kappa shape index (κ1) is 13.2. The van der Waals surface area contributed by atoms with Gasteiger partial charge in [-0.25, -0.2) is 4.98 Å². The Kier molecular flexibility index (Phi) is 3.60. The van der Waals surface area contributed by atoms with Gasteiger partial charge in [0.2, 0.25) is 0 Å². The van der Waals surface area contributed by atoms with Gasteiger partial charge in [-0.15, -0.1) is 0 Å². The molecule has 0 aliphatic carbocycles. The number of aromatic nitrogens is 2. The van der Waals surface area contributed by atoms with Crippen molar-refractivity contribution < 1.29 is 9.47 Å². The Labute approximate surface area is 123 Å². The average molecular weight is 280 g/mol. The fourth-order valence-corrected chi connectivity index (χ4v) is 2.24. The van der Waals surface area contributed by atoms with Gasteiger partial charge in [0.15, 0.2) is 5.82 Å². The molecule has 0 saturated heterocycles. The van der Waals surface area contributed by atoms with E-state index < -0.39 is 0 Å². The lowest BCUT2D eigenvalue weighted by Gasteiger charge is -2.08. The quantitative estimate of drug-likeness (QED) is 0.714. The molecule has 4 heteroatoms. The molecule has 0 atom stereocenters. The van der Waals surface area contributed by atoms with Crippen LogP contribution in [0.1, 0.15) is 5.82 Å². The predicted molar refractivity (Wildman–Crippen MR) is 83.4 cm³/mol. The summed E-state index contributed by atoms with van der Waals surface area (Å²) >= 11 is 0. The molecule has 4 nitrogen and oxygen atoms in total. The van der Waals surface area contributed by atoms with Gasteiger partial charge in [-0.2, -0.15) is 0 Å². The third kappa shape index (κ3) is 2.60. The number of benzene rings is 2. The maximum absolute atomic E-state index is 5.80. The molecule has 0 aliphatic rings. The molecule has 1 heterocycles. The van der Waals surface area contributed by atoms with Crippen molar-refractivity contribution in [2.24, 2.45) is 0 Å². The van der Waals surface area contributed by atoms with Gasteiger partial charge in [-0.05, 0) is 24.3 Å². The molecule has 1 aromatic heterocycles. The second kappa shape index (κ2) is 5.71. The molecule has 0 amide bonds. The van der Waals surface area contributed by atoms with Crippen LogP contribution in [0.25, 0.3) is 17.2 Å². The van der Waals surface area contributed by atoms with E-state index in [0.717, 1.165) is 28.4 Å². The molecule has 0 spiro atoms. The molecule has 21 heavy (non-hydrogen) atoms. The first-order valence-electron chi connectivity index (χ1n) is 6.67. The van der Waals surface area contributed by atoms with Gasteiger partial charge in [0, 0.05) is 12.3 Å². The van der Waals surface area contributed by atoms with Crippen LogP contribution in [0.5, 0.6) is 11.5 Å². The Morgan fingerprint density at radius 1 is 1.14 bits per heavy atom. The van der Waals surface area contributed by atoms with E-state index in [1.54, 1.807) is 13.3 Å². The summed E-state index contributed by atoms with van der Waals surface area (Å²) in [5.74, 6) is 2.33. The highest BCUT2D eigenvalue weighted by Crippen LogP contribution is 2.21. The lowest BCUT2D eigenvalue weighted by Crippen LogP contribution is -2.02. The van der Waals surface area contributed by atoms with Gasteiger partial charge in [0.1, 0.15) is 18.1 Å². The van der Waals surface area contributed by atoms with Crippen molar-refractivity contribution in [2.45, 2.75) is 6.61 Å². The highest BCUT2D eigenvalue weighted by molar-refractivity contribution is 5.78. The zero-order valence-electron chi connectivity index (χ0n) is 11.8. The number of hydrogen-bond acceptors (Lipinski definition) is 3. The second-order valence-corrected chi connectivity index (χ2v) is 4.54. The summed E-state index contributed by atoms with van der Waals surface area (Å²) in [6.07, 6.45) is 1.75. The van der Waals surface area contributed by atoms with Crippen LogP contribution in [0.3, 0.4) is 0 Å². The van der Waals surface area contributed by atoms with Gasteiger partial charge >= 0.3 is 0 Å². The van der Waals surface area contributed by atoms with Crippen LogP contribution in [-0.2, 0) is 6.61 Å². The molecule has 0 radical (unpaired) electrons. The topological polar surface area (TPSA) is 36.3 Å². The van der Waals surface area contributed by atoms with E-state index in [0.29, 0.717) is 6.61 Å². The number of para-hydroxylation sites is 2. The largest absolute Gasteiger partial charge is 0.497 e. The Bertz CT molecular complexity index is 777. The van der Waals surface area contributed by atoms with Crippen LogP contribution in [-0.4, -0.2) is 16.7 Å². The molecule has 0 unspecified atom stereocenters. The predicted octanol–water partition coefficient (Wildman–Crippen LogP) is 3.72. The minimum atomic E-state index is 0.369. The number of fused-ring (bicyclic) bond motifs is 1. The SMILES string of the molecule is C=Cn1c(COc2cccc(OC)c2)nc2ccccc21. The zero-order chi connectivity index (χ0) is 14.7. The van der Waals surface area contributed by atoms with Crippen molar-refractivity contribution in [3.63, 3.8) is 0 Å². The fourth-order valence-electron chi connectivity index (χ4n) is 2.24. The Morgan fingerprint density at radius 3 is 2.76 bits per heavy atom. The molecular formula is C17H16N2O2. The molecule has 0 aliphatic heterocycles. The highest BCUT2D eigenvalue weighted by Gasteiger charge is 2.08. The van der Waals surface area contributed by atoms with E-state index >= 15 is 0 Å². The molecule has 0 N–H and O–H groups in total. The molecule has 106 valence electrons. The maximum Gasteiger partial charge on any atom is 0.152 e. The number of hydrogen-bond donors (Lipinski definition) is 0. The number of methoxy groups -OCH3 is 1. The van der Waals surface area contributed by atoms with E-state index in [9.17, 15) is 0 Å². The van der Waals surface area contributed by atoms with Crippen molar-refractivity contribution >= 4 is 17.2 Å². The molecule has 0 saturated carbocycles. The summed E-state index contributed by atoms with van der Waals surface area (Å²) in [5.41, 5.74) is 1.96. The first-order chi connectivity index (χ1) is 10.3. The zero-order valence-corrected chi connectivity index (χ0v) is 11.8. The normalized spacial score (nSPS) is 10.5. The molecule has 0 fully saturated rings. The molecular weight excluding hydrogens is 264 g/mol. The van der Waals surface area contributed by atoms with E-state index in [4.69, 9.17) is 9.47 Å². The van der Waals surface area contributed by atoms with Gasteiger partial charge in [-0.3, -0.25) is 0 Å². The first-order valence-corrected chi connectivity index (χ1v) is 6.67. The Morgan fingerprint density at radius 2 is 1.95 bits per heavy atom. The monoisotopic (exact) mass is 280 g/mol. The summed E-state index contributed by atoms with van der Waals surface area (Å²) in [4.78, 5) is 4.58. The van der Waals surface area contributed by atoms with E-state index in [1.807, 2.05) is 53.1 Å². The summed E-state index contributed by atoms with van der Waals surface area (Å²) in [7, 11) is 1.64. The molecule has 3 aromatic rings. The van der Waals surface area contributed by atoms with E-state index in [2.05, 4.69) is 11.6 Å². The van der Waals surface area contributed by atoms with Crippen LogP contribution in [0, 0.1) is 0 Å². The third-order valence-electron chi connectivity index (χ3n) is 3.26. The van der Waals surface area contributed by atoms with E-state index in [1.165, 1.54) is 0 Å². The summed E-state index contributed by atoms with van der Waals surface area (Å²) in [6.45, 7) is 4.21. The number of imidazole rings is 1. The summed E-state index contributed by atoms with van der Waals surface area (Å²) in [6, 6.07) is 15.5. The summed E-state index contributed by atoms with van der Waals surface area (Å²) < 4.78 is 12.9. The average Bonchev–Trinajstić information content (AvgIpc) is 2.90. The lowest BCUT2D eigenvalue weighted by atomic mass is 10.3.